The van der Waals surface area contributed by atoms with E-state index in [1.54, 1.807) is 6.92 Å². The predicted octanol–water partition coefficient (Wildman–Crippen LogP) is 2.70. The standard InChI is InChI=1S/C12H19ClN2O2S/c1-5-12(3,4)15-18(16,17)9-6-10(13)8(2)11(14)7-9/h6-7,15H,5,14H2,1-4H3. The first kappa shape index (κ1) is 15.3. The summed E-state index contributed by atoms with van der Waals surface area (Å²) < 4.78 is 27.0. The Morgan fingerprint density at radius 2 is 1.94 bits per heavy atom. The quantitative estimate of drug-likeness (QED) is 0.838. The van der Waals surface area contributed by atoms with Crippen LogP contribution in [0.3, 0.4) is 0 Å². The van der Waals surface area contributed by atoms with Crippen LogP contribution in [0.25, 0.3) is 0 Å². The number of rotatable bonds is 4. The van der Waals surface area contributed by atoms with Crippen molar-refractivity contribution in [1.82, 2.24) is 4.72 Å². The number of halogens is 1. The fourth-order valence-corrected chi connectivity index (χ4v) is 3.16. The molecule has 0 saturated heterocycles. The van der Waals surface area contributed by atoms with Crippen molar-refractivity contribution in [3.63, 3.8) is 0 Å². The van der Waals surface area contributed by atoms with Crippen LogP contribution >= 0.6 is 11.6 Å². The first-order valence-corrected chi connectivity index (χ1v) is 7.55. The zero-order chi connectivity index (χ0) is 14.1. The molecule has 0 saturated carbocycles. The molecule has 1 aromatic carbocycles. The smallest absolute Gasteiger partial charge is 0.241 e. The molecule has 0 aliphatic heterocycles. The average Bonchev–Trinajstić information content (AvgIpc) is 2.23. The molecule has 0 bridgehead atoms. The van der Waals surface area contributed by atoms with Crippen molar-refractivity contribution in [3.8, 4) is 0 Å². The number of sulfonamides is 1. The maximum atomic E-state index is 12.2. The molecule has 0 amide bonds. The lowest BCUT2D eigenvalue weighted by Gasteiger charge is -2.24. The average molecular weight is 291 g/mol. The number of nitrogen functional groups attached to an aromatic ring is 1. The molecule has 0 heterocycles. The van der Waals surface area contributed by atoms with Crippen LogP contribution in [0, 0.1) is 6.92 Å². The van der Waals surface area contributed by atoms with Gasteiger partial charge in [-0.1, -0.05) is 18.5 Å². The van der Waals surface area contributed by atoms with E-state index in [0.29, 0.717) is 22.7 Å². The number of hydrogen-bond donors (Lipinski definition) is 2. The summed E-state index contributed by atoms with van der Waals surface area (Å²) in [5.41, 5.74) is 6.29. The number of nitrogens with two attached hydrogens (primary N) is 1. The molecular weight excluding hydrogens is 272 g/mol. The van der Waals surface area contributed by atoms with Crippen LogP contribution < -0.4 is 10.5 Å². The molecule has 0 spiro atoms. The van der Waals surface area contributed by atoms with E-state index >= 15 is 0 Å². The van der Waals surface area contributed by atoms with Gasteiger partial charge in [-0.25, -0.2) is 13.1 Å². The lowest BCUT2D eigenvalue weighted by molar-refractivity contribution is 0.439. The zero-order valence-electron chi connectivity index (χ0n) is 11.0. The van der Waals surface area contributed by atoms with Crippen LogP contribution in [0.4, 0.5) is 5.69 Å². The van der Waals surface area contributed by atoms with Gasteiger partial charge in [0.15, 0.2) is 0 Å². The number of anilines is 1. The van der Waals surface area contributed by atoms with Crippen molar-refractivity contribution in [1.29, 1.82) is 0 Å². The Hall–Kier alpha value is -0.780. The molecule has 1 aromatic rings. The lowest BCUT2D eigenvalue weighted by atomic mass is 10.0. The molecule has 0 aromatic heterocycles. The van der Waals surface area contributed by atoms with Gasteiger partial charge in [-0.3, -0.25) is 0 Å². The first-order chi connectivity index (χ1) is 8.09. The number of hydrogen-bond acceptors (Lipinski definition) is 3. The van der Waals surface area contributed by atoms with Gasteiger partial charge in [-0.15, -0.1) is 0 Å². The molecule has 1 rings (SSSR count). The van der Waals surface area contributed by atoms with Crippen LogP contribution in [0.1, 0.15) is 32.8 Å². The Kier molecular flexibility index (Phi) is 4.30. The Labute approximate surface area is 114 Å². The Morgan fingerprint density at radius 3 is 2.39 bits per heavy atom. The summed E-state index contributed by atoms with van der Waals surface area (Å²) >= 11 is 5.96. The van der Waals surface area contributed by atoms with E-state index < -0.39 is 15.6 Å². The summed E-state index contributed by atoms with van der Waals surface area (Å²) in [4.78, 5) is 0.0946. The summed E-state index contributed by atoms with van der Waals surface area (Å²) in [5, 5.41) is 0.352. The van der Waals surface area contributed by atoms with Gasteiger partial charge < -0.3 is 5.73 Å². The van der Waals surface area contributed by atoms with E-state index in [9.17, 15) is 8.42 Å². The summed E-state index contributed by atoms with van der Waals surface area (Å²) in [6, 6.07) is 2.84. The second-order valence-electron chi connectivity index (χ2n) is 4.96. The van der Waals surface area contributed by atoms with Crippen molar-refractivity contribution >= 4 is 27.3 Å². The van der Waals surface area contributed by atoms with Gasteiger partial charge in [0.25, 0.3) is 0 Å². The van der Waals surface area contributed by atoms with Crippen molar-refractivity contribution in [2.24, 2.45) is 0 Å². The molecule has 0 radical (unpaired) electrons. The van der Waals surface area contributed by atoms with Crippen LogP contribution in [0.2, 0.25) is 5.02 Å². The van der Waals surface area contributed by atoms with Gasteiger partial charge in [-0.05, 0) is 44.9 Å². The van der Waals surface area contributed by atoms with E-state index in [4.69, 9.17) is 17.3 Å². The van der Waals surface area contributed by atoms with Gasteiger partial charge in [0, 0.05) is 16.2 Å². The second kappa shape index (κ2) is 5.07. The van der Waals surface area contributed by atoms with E-state index in [2.05, 4.69) is 4.72 Å². The molecule has 0 aliphatic rings. The maximum Gasteiger partial charge on any atom is 0.241 e. The molecule has 4 nitrogen and oxygen atoms in total. The molecule has 0 unspecified atom stereocenters. The van der Waals surface area contributed by atoms with Gasteiger partial charge in [0.1, 0.15) is 0 Å². The van der Waals surface area contributed by atoms with Gasteiger partial charge in [0.2, 0.25) is 10.0 Å². The largest absolute Gasteiger partial charge is 0.398 e. The maximum absolute atomic E-state index is 12.2. The third-order valence-electron chi connectivity index (χ3n) is 2.96. The zero-order valence-corrected chi connectivity index (χ0v) is 12.6. The molecule has 0 aliphatic carbocycles. The van der Waals surface area contributed by atoms with Gasteiger partial charge in [-0.2, -0.15) is 0 Å². The van der Waals surface area contributed by atoms with E-state index in [1.807, 2.05) is 20.8 Å². The molecule has 102 valence electrons. The highest BCUT2D eigenvalue weighted by Crippen LogP contribution is 2.26. The molecule has 6 heteroatoms. The van der Waals surface area contributed by atoms with Crippen LogP contribution in [0.15, 0.2) is 17.0 Å². The Balaban J connectivity index is 3.22. The Morgan fingerprint density at radius 1 is 1.39 bits per heavy atom. The molecule has 0 fully saturated rings. The molecule has 0 atom stereocenters. The lowest BCUT2D eigenvalue weighted by Crippen LogP contribution is -2.42. The minimum atomic E-state index is -3.61. The summed E-state index contributed by atoms with van der Waals surface area (Å²) in [6.07, 6.45) is 0.682. The number of nitrogens with one attached hydrogen (secondary N) is 1. The fraction of sp³-hybridized carbons (Fsp3) is 0.500. The molecular formula is C12H19ClN2O2S. The van der Waals surface area contributed by atoms with Crippen LogP contribution in [0.5, 0.6) is 0 Å². The SMILES string of the molecule is CCC(C)(C)NS(=O)(=O)c1cc(N)c(C)c(Cl)c1. The van der Waals surface area contributed by atoms with Crippen molar-refractivity contribution < 1.29 is 8.42 Å². The van der Waals surface area contributed by atoms with E-state index in [0.717, 1.165) is 0 Å². The second-order valence-corrected chi connectivity index (χ2v) is 7.05. The van der Waals surface area contributed by atoms with Crippen molar-refractivity contribution in [2.75, 3.05) is 5.73 Å². The highest BCUT2D eigenvalue weighted by atomic mass is 35.5. The predicted molar refractivity (Wildman–Crippen MR) is 75.3 cm³/mol. The summed E-state index contributed by atoms with van der Waals surface area (Å²) in [5.74, 6) is 0. The van der Waals surface area contributed by atoms with Crippen molar-refractivity contribution in [2.45, 2.75) is 44.6 Å². The van der Waals surface area contributed by atoms with Crippen molar-refractivity contribution in [3.05, 3.63) is 22.7 Å². The third kappa shape index (κ3) is 3.37. The topological polar surface area (TPSA) is 72.2 Å². The molecule has 18 heavy (non-hydrogen) atoms. The highest BCUT2D eigenvalue weighted by molar-refractivity contribution is 7.89. The van der Waals surface area contributed by atoms with Crippen LogP contribution in [-0.4, -0.2) is 14.0 Å². The normalized spacial score (nSPS) is 12.7. The number of benzene rings is 1. The third-order valence-corrected chi connectivity index (χ3v) is 5.03. The Bertz CT molecular complexity index is 530. The minimum absolute atomic E-state index is 0.0946. The monoisotopic (exact) mass is 290 g/mol. The first-order valence-electron chi connectivity index (χ1n) is 5.68. The summed E-state index contributed by atoms with van der Waals surface area (Å²) in [6.45, 7) is 7.31. The van der Waals surface area contributed by atoms with Gasteiger partial charge >= 0.3 is 0 Å². The van der Waals surface area contributed by atoms with Crippen LogP contribution in [-0.2, 0) is 10.0 Å². The summed E-state index contributed by atoms with van der Waals surface area (Å²) in [7, 11) is -3.61. The fourth-order valence-electron chi connectivity index (χ4n) is 1.32. The van der Waals surface area contributed by atoms with E-state index in [1.165, 1.54) is 12.1 Å². The van der Waals surface area contributed by atoms with E-state index in [-0.39, 0.29) is 4.90 Å². The minimum Gasteiger partial charge on any atom is -0.398 e. The van der Waals surface area contributed by atoms with Gasteiger partial charge in [0.05, 0.1) is 4.90 Å². The highest BCUT2D eigenvalue weighted by Gasteiger charge is 2.25. The molecule has 3 N–H and O–H groups in total.